The van der Waals surface area contributed by atoms with Crippen LogP contribution in [0, 0.1) is 10.1 Å². The molecule has 0 radical (unpaired) electrons. The molecule has 1 saturated heterocycles. The van der Waals surface area contributed by atoms with Crippen molar-refractivity contribution in [3.05, 3.63) is 62.6 Å². The van der Waals surface area contributed by atoms with Gasteiger partial charge in [0.2, 0.25) is 0 Å². The molecule has 278 valence electrons. The van der Waals surface area contributed by atoms with E-state index in [0.717, 1.165) is 39.8 Å². The first kappa shape index (κ1) is 39.3. The van der Waals surface area contributed by atoms with Crippen LogP contribution in [0.15, 0.2) is 42.5 Å². The van der Waals surface area contributed by atoms with E-state index < -0.39 is 92.7 Å². The maximum atomic E-state index is 12.8. The first-order valence-corrected chi connectivity index (χ1v) is 17.2. The number of nitro benzene ring substituents is 1. The molecule has 2 heterocycles. The zero-order valence-corrected chi connectivity index (χ0v) is 30.1. The first-order valence-electron chi connectivity index (χ1n) is 15.5. The van der Waals surface area contributed by atoms with Crippen LogP contribution in [0.25, 0.3) is 9.65 Å². The Labute approximate surface area is 300 Å². The fourth-order valence-corrected chi connectivity index (χ4v) is 7.22. The molecule has 1 aliphatic rings. The van der Waals surface area contributed by atoms with Gasteiger partial charge >= 0.3 is 301 Å². The van der Waals surface area contributed by atoms with Crippen LogP contribution in [0.4, 0.5) is 10.5 Å². The van der Waals surface area contributed by atoms with Gasteiger partial charge in [-0.2, -0.15) is 0 Å². The minimum atomic E-state index is -1.56. The van der Waals surface area contributed by atoms with Crippen molar-refractivity contribution in [3.63, 3.8) is 0 Å². The van der Waals surface area contributed by atoms with Crippen LogP contribution < -0.4 is 9.47 Å². The average molecular weight is 795 g/mol. The molecule has 1 aromatic heterocycles. The summed E-state index contributed by atoms with van der Waals surface area (Å²) < 4.78 is 50.2. The number of ether oxygens (including phenoxy) is 9. The molecule has 0 N–H and O–H groups in total. The number of benzene rings is 2. The normalized spacial score (nSPS) is 19.4. The number of non-ortho nitro benzene ring substituents is 1. The quantitative estimate of drug-likeness (QED) is 0.0604. The number of nitrogens with zero attached hydrogens (tertiary/aromatic N) is 1. The predicted octanol–water partition coefficient (Wildman–Crippen LogP) is 3.16. The summed E-state index contributed by atoms with van der Waals surface area (Å²) in [5.74, 6) is -3.65. The van der Waals surface area contributed by atoms with Crippen molar-refractivity contribution in [1.82, 2.24) is 0 Å². The summed E-state index contributed by atoms with van der Waals surface area (Å²) in [7, 11) is 0. The van der Waals surface area contributed by atoms with Crippen LogP contribution in [-0.2, 0) is 58.9 Å². The summed E-state index contributed by atoms with van der Waals surface area (Å²) in [5.41, 5.74) is 0.259. The average Bonchev–Trinajstić information content (AvgIpc) is 3.52. The molecule has 0 saturated carbocycles. The summed E-state index contributed by atoms with van der Waals surface area (Å²) >= 11 is -0.691. The van der Waals surface area contributed by atoms with Crippen molar-refractivity contribution < 1.29 is 76.3 Å². The molecule has 0 bridgehead atoms. The van der Waals surface area contributed by atoms with E-state index in [1.165, 1.54) is 24.3 Å². The Balaban J connectivity index is 1.69. The Bertz CT molecular complexity index is 1840. The second-order valence-corrected chi connectivity index (χ2v) is 13.1. The molecule has 4 rings (SSSR count). The number of fused-ring (bicyclic) bond motifs is 1. The summed E-state index contributed by atoms with van der Waals surface area (Å²) in [5, 5.41) is 11.3. The van der Waals surface area contributed by atoms with E-state index in [1.54, 1.807) is 13.0 Å². The van der Waals surface area contributed by atoms with Crippen molar-refractivity contribution in [2.24, 2.45) is 0 Å². The molecular formula is C33H33NO17Se. The second-order valence-electron chi connectivity index (χ2n) is 10.9. The van der Waals surface area contributed by atoms with Crippen LogP contribution in [0.2, 0.25) is 0 Å². The number of carbonyl (C=O) groups excluding carboxylic acids is 6. The molecule has 18 nitrogen and oxygen atoms in total. The van der Waals surface area contributed by atoms with Crippen LogP contribution in [0.5, 0.6) is 11.5 Å². The van der Waals surface area contributed by atoms with Crippen LogP contribution >= 0.6 is 0 Å². The number of nitro groups is 1. The van der Waals surface area contributed by atoms with E-state index >= 15 is 0 Å². The van der Waals surface area contributed by atoms with Gasteiger partial charge in [0.05, 0.1) is 0 Å². The molecular weight excluding hydrogens is 761 g/mol. The van der Waals surface area contributed by atoms with Gasteiger partial charge in [-0.05, 0) is 0 Å². The van der Waals surface area contributed by atoms with Gasteiger partial charge in [-0.3, -0.25) is 0 Å². The van der Waals surface area contributed by atoms with Gasteiger partial charge in [-0.15, -0.1) is 0 Å². The van der Waals surface area contributed by atoms with Crippen molar-refractivity contribution in [3.8, 4) is 11.5 Å². The Hall–Kier alpha value is -5.52. The topological polar surface area (TPSA) is 229 Å². The SMILES string of the molecule is CCOC(=O)c1cc2c(O[C@@H]3O[C@H](COC(C)=O)[C@H](OC(C)=O)[C@H](OC(C)=O)[C@H]3OC(C)=O)ccc(COC(=O)Oc3ccc([N+](=O)[O-])cc3)c2[se]1. The van der Waals surface area contributed by atoms with Crippen LogP contribution in [-0.4, -0.2) is 99.3 Å². The maximum absolute atomic E-state index is 12.8. The Morgan fingerprint density at radius 3 is 2.04 bits per heavy atom. The van der Waals surface area contributed by atoms with E-state index in [1.807, 2.05) is 0 Å². The monoisotopic (exact) mass is 795 g/mol. The summed E-state index contributed by atoms with van der Waals surface area (Å²) in [6.45, 7) is 5.35. The van der Waals surface area contributed by atoms with Gasteiger partial charge in [0.15, 0.2) is 0 Å². The predicted molar refractivity (Wildman–Crippen MR) is 173 cm³/mol. The summed E-state index contributed by atoms with van der Waals surface area (Å²) in [6, 6.07) is 9.31. The Morgan fingerprint density at radius 2 is 1.44 bits per heavy atom. The summed E-state index contributed by atoms with van der Waals surface area (Å²) in [4.78, 5) is 83.9. The number of hydrogen-bond donors (Lipinski definition) is 0. The molecule has 0 aliphatic carbocycles. The number of carbonyl (C=O) groups is 6. The van der Waals surface area contributed by atoms with Gasteiger partial charge in [0.1, 0.15) is 0 Å². The second kappa shape index (κ2) is 17.6. The third kappa shape index (κ3) is 10.3. The van der Waals surface area contributed by atoms with Gasteiger partial charge in [0, 0.05) is 0 Å². The molecule has 1 aliphatic heterocycles. The van der Waals surface area contributed by atoms with Crippen molar-refractivity contribution in [1.29, 1.82) is 0 Å². The fourth-order valence-electron chi connectivity index (χ4n) is 4.98. The van der Waals surface area contributed by atoms with E-state index in [4.69, 9.17) is 42.6 Å². The van der Waals surface area contributed by atoms with Crippen LogP contribution in [0.3, 0.4) is 0 Å². The molecule has 0 amide bonds. The van der Waals surface area contributed by atoms with Gasteiger partial charge in [-0.1, -0.05) is 0 Å². The third-order valence-corrected chi connectivity index (χ3v) is 9.49. The Morgan fingerprint density at radius 1 is 0.808 bits per heavy atom. The third-order valence-electron chi connectivity index (χ3n) is 6.99. The Kier molecular flexibility index (Phi) is 13.3. The molecule has 19 heteroatoms. The molecule has 52 heavy (non-hydrogen) atoms. The molecule has 3 aromatic rings. The summed E-state index contributed by atoms with van der Waals surface area (Å²) in [6.07, 6.45) is -8.35. The van der Waals surface area contributed by atoms with Crippen molar-refractivity contribution in [2.75, 3.05) is 13.2 Å². The zero-order valence-electron chi connectivity index (χ0n) is 28.3. The van der Waals surface area contributed by atoms with Gasteiger partial charge < -0.3 is 0 Å². The fraction of sp³-hybridized carbons (Fsp3) is 0.394. The van der Waals surface area contributed by atoms with Gasteiger partial charge in [0.25, 0.3) is 0 Å². The minimum absolute atomic E-state index is 0.00452. The first-order chi connectivity index (χ1) is 24.7. The molecule has 2 aromatic carbocycles. The number of esters is 5. The van der Waals surface area contributed by atoms with E-state index in [2.05, 4.69) is 0 Å². The van der Waals surface area contributed by atoms with Gasteiger partial charge in [-0.25, -0.2) is 0 Å². The molecule has 0 spiro atoms. The number of hydrogen-bond acceptors (Lipinski definition) is 17. The van der Waals surface area contributed by atoms with E-state index in [-0.39, 0.29) is 34.8 Å². The molecule has 0 unspecified atom stereocenters. The van der Waals surface area contributed by atoms with E-state index in [0.29, 0.717) is 15.2 Å². The molecule has 5 atom stereocenters. The van der Waals surface area contributed by atoms with E-state index in [9.17, 15) is 38.9 Å². The molecule has 1 fully saturated rings. The van der Waals surface area contributed by atoms with Crippen molar-refractivity contribution >= 4 is 65.8 Å². The van der Waals surface area contributed by atoms with Crippen molar-refractivity contribution in [2.45, 2.75) is 71.9 Å². The van der Waals surface area contributed by atoms with Crippen LogP contribution in [0.1, 0.15) is 49.4 Å². The standard InChI is InChI=1S/C33H33NO17Se/c1-6-43-31(39)26-13-23-24(12-7-20(30(23)52-26)14-45-33(40)49-22-10-8-21(9-11-22)34(41)42)50-32-29(48-19(5)38)28(47-18(4)37)27(46-17(3)36)25(51-32)15-44-16(2)35/h7-13,25,27-29,32H,6,14-15H2,1-5H3/t25-,27+,28+,29-,32-/m1/s1. The number of rotatable bonds is 13. The zero-order chi connectivity index (χ0) is 38.1.